The van der Waals surface area contributed by atoms with Crippen molar-refractivity contribution in [1.29, 1.82) is 0 Å². The van der Waals surface area contributed by atoms with Crippen LogP contribution in [0.1, 0.15) is 6.92 Å². The van der Waals surface area contributed by atoms with E-state index in [-0.39, 0.29) is 6.04 Å². The second kappa shape index (κ2) is 7.12. The van der Waals surface area contributed by atoms with Gasteiger partial charge in [0, 0.05) is 18.0 Å². The number of anilines is 2. The van der Waals surface area contributed by atoms with Crippen LogP contribution in [0.3, 0.4) is 0 Å². The van der Waals surface area contributed by atoms with E-state index in [2.05, 4.69) is 15.3 Å². The van der Waals surface area contributed by atoms with Gasteiger partial charge in [-0.3, -0.25) is 0 Å². The van der Waals surface area contributed by atoms with Gasteiger partial charge in [-0.2, -0.15) is 0 Å². The summed E-state index contributed by atoms with van der Waals surface area (Å²) in [5, 5.41) is 3.97. The number of nitrogens with two attached hydrogens (primary N) is 1. The van der Waals surface area contributed by atoms with E-state index in [1.807, 2.05) is 37.3 Å². The Balaban J connectivity index is 2.15. The molecule has 1 heterocycles. The number of rotatable bonds is 6. The topological polar surface area (TPSA) is 73.1 Å². The molecule has 2 rings (SSSR count). The maximum absolute atomic E-state index is 6.13. The predicted molar refractivity (Wildman–Crippen MR) is 82.0 cm³/mol. The van der Waals surface area contributed by atoms with Gasteiger partial charge in [-0.15, -0.1) is 0 Å². The van der Waals surface area contributed by atoms with Gasteiger partial charge in [0.15, 0.2) is 5.82 Å². The molecule has 5 nitrogen and oxygen atoms in total. The average Bonchev–Trinajstić information content (AvgIpc) is 2.45. The van der Waals surface area contributed by atoms with Gasteiger partial charge < -0.3 is 15.8 Å². The molecule has 106 valence electrons. The fraction of sp³-hybridized carbons (Fsp3) is 0.286. The summed E-state index contributed by atoms with van der Waals surface area (Å²) in [6.45, 7) is 2.60. The Bertz CT molecular complexity index is 550. The maximum Gasteiger partial charge on any atom is 0.154 e. The maximum atomic E-state index is 6.13. The van der Waals surface area contributed by atoms with Gasteiger partial charge in [0.1, 0.15) is 17.0 Å². The predicted octanol–water partition coefficient (Wildman–Crippen LogP) is 2.66. The number of aromatic nitrogens is 2. The Morgan fingerprint density at radius 2 is 2.05 bits per heavy atom. The summed E-state index contributed by atoms with van der Waals surface area (Å²) < 4.78 is 5.09. The van der Waals surface area contributed by atoms with Gasteiger partial charge in [0.2, 0.25) is 0 Å². The molecule has 20 heavy (non-hydrogen) atoms. The largest absolute Gasteiger partial charge is 0.394 e. The molecule has 0 radical (unpaired) electrons. The van der Waals surface area contributed by atoms with Crippen molar-refractivity contribution in [3.8, 4) is 0 Å². The highest BCUT2D eigenvalue weighted by molar-refractivity contribution is 7.99. The Labute approximate surface area is 123 Å². The minimum atomic E-state index is 0.131. The van der Waals surface area contributed by atoms with Crippen LogP contribution in [0.5, 0.6) is 0 Å². The van der Waals surface area contributed by atoms with Crippen LogP contribution in [-0.2, 0) is 4.74 Å². The van der Waals surface area contributed by atoms with Crippen molar-refractivity contribution in [1.82, 2.24) is 9.97 Å². The Morgan fingerprint density at radius 3 is 2.75 bits per heavy atom. The van der Waals surface area contributed by atoms with Gasteiger partial charge in [0.05, 0.1) is 6.61 Å². The summed E-state index contributed by atoms with van der Waals surface area (Å²) in [6.07, 6.45) is 1.52. The number of hydrogen-bond donors (Lipinski definition) is 2. The number of nitrogens with zero attached hydrogens (tertiary/aromatic N) is 2. The van der Waals surface area contributed by atoms with Crippen LogP contribution < -0.4 is 11.1 Å². The lowest BCUT2D eigenvalue weighted by Crippen LogP contribution is -2.22. The standard InChI is InChI=1S/C14H18N4OS/c1-10(8-19-2)18-13-12(15)14(17-9-16-13)20-11-6-4-3-5-7-11/h3-7,9-10H,8,15H2,1-2H3,(H,16,17,18). The first-order valence-electron chi connectivity index (χ1n) is 6.29. The van der Waals surface area contributed by atoms with Crippen molar-refractivity contribution in [2.24, 2.45) is 0 Å². The first-order chi connectivity index (χ1) is 9.70. The Hall–Kier alpha value is -1.79. The molecule has 0 aliphatic heterocycles. The van der Waals surface area contributed by atoms with Gasteiger partial charge in [-0.25, -0.2) is 9.97 Å². The van der Waals surface area contributed by atoms with E-state index in [4.69, 9.17) is 10.5 Å². The van der Waals surface area contributed by atoms with E-state index in [1.165, 1.54) is 18.1 Å². The lowest BCUT2D eigenvalue weighted by atomic mass is 10.3. The van der Waals surface area contributed by atoms with Crippen molar-refractivity contribution in [3.63, 3.8) is 0 Å². The molecule has 0 saturated heterocycles. The highest BCUT2D eigenvalue weighted by Gasteiger charge is 2.11. The lowest BCUT2D eigenvalue weighted by Gasteiger charge is -2.15. The molecule has 0 aliphatic rings. The van der Waals surface area contributed by atoms with Gasteiger partial charge in [-0.1, -0.05) is 30.0 Å². The SMILES string of the molecule is COCC(C)Nc1ncnc(Sc2ccccc2)c1N. The molecule has 1 unspecified atom stereocenters. The highest BCUT2D eigenvalue weighted by atomic mass is 32.2. The molecule has 1 aromatic heterocycles. The van der Waals surface area contributed by atoms with Crippen LogP contribution >= 0.6 is 11.8 Å². The molecule has 0 saturated carbocycles. The molecule has 6 heteroatoms. The van der Waals surface area contributed by atoms with Crippen molar-refractivity contribution in [2.75, 3.05) is 24.8 Å². The fourth-order valence-corrected chi connectivity index (χ4v) is 2.52. The second-order valence-corrected chi connectivity index (χ2v) is 5.42. The van der Waals surface area contributed by atoms with Gasteiger partial charge in [-0.05, 0) is 19.1 Å². The van der Waals surface area contributed by atoms with Crippen LogP contribution in [0.4, 0.5) is 11.5 Å². The van der Waals surface area contributed by atoms with Crippen molar-refractivity contribution in [2.45, 2.75) is 22.9 Å². The summed E-state index contributed by atoms with van der Waals surface area (Å²) in [5.74, 6) is 0.642. The second-order valence-electron chi connectivity index (χ2n) is 4.36. The Morgan fingerprint density at radius 1 is 1.30 bits per heavy atom. The van der Waals surface area contributed by atoms with Crippen molar-refractivity contribution < 1.29 is 4.74 Å². The zero-order valence-electron chi connectivity index (χ0n) is 11.5. The zero-order chi connectivity index (χ0) is 14.4. The molecule has 0 aliphatic carbocycles. The van der Waals surface area contributed by atoms with Gasteiger partial charge in [0.25, 0.3) is 0 Å². The smallest absolute Gasteiger partial charge is 0.154 e. The number of nitrogen functional groups attached to an aromatic ring is 1. The van der Waals surface area contributed by atoms with Crippen molar-refractivity contribution >= 4 is 23.3 Å². The van der Waals surface area contributed by atoms with Crippen LogP contribution in [0.25, 0.3) is 0 Å². The third kappa shape index (κ3) is 3.85. The van der Waals surface area contributed by atoms with E-state index in [1.54, 1.807) is 7.11 Å². The number of hydrogen-bond acceptors (Lipinski definition) is 6. The average molecular weight is 290 g/mol. The fourth-order valence-electron chi connectivity index (χ4n) is 1.70. The number of methoxy groups -OCH3 is 1. The summed E-state index contributed by atoms with van der Waals surface area (Å²) in [6, 6.07) is 10.1. The normalized spacial score (nSPS) is 12.1. The summed E-state index contributed by atoms with van der Waals surface area (Å²) in [7, 11) is 1.66. The first kappa shape index (κ1) is 14.6. The van der Waals surface area contributed by atoms with Crippen LogP contribution in [0.2, 0.25) is 0 Å². The molecule has 3 N–H and O–H groups in total. The first-order valence-corrected chi connectivity index (χ1v) is 7.11. The number of benzene rings is 1. The highest BCUT2D eigenvalue weighted by Crippen LogP contribution is 2.32. The third-order valence-electron chi connectivity index (χ3n) is 2.60. The van der Waals surface area contributed by atoms with Crippen LogP contribution in [0.15, 0.2) is 46.6 Å². The summed E-state index contributed by atoms with van der Waals surface area (Å²) >= 11 is 1.52. The lowest BCUT2D eigenvalue weighted by molar-refractivity contribution is 0.190. The van der Waals surface area contributed by atoms with E-state index in [9.17, 15) is 0 Å². The molecule has 0 fully saturated rings. The van der Waals surface area contributed by atoms with Crippen LogP contribution in [0, 0.1) is 0 Å². The molecule has 0 spiro atoms. The quantitative estimate of drug-likeness (QED) is 0.797. The molecule has 0 amide bonds. The minimum Gasteiger partial charge on any atom is -0.394 e. The molecule has 1 aromatic carbocycles. The molecule has 0 bridgehead atoms. The number of ether oxygens (including phenoxy) is 1. The third-order valence-corrected chi connectivity index (χ3v) is 3.63. The monoisotopic (exact) mass is 290 g/mol. The van der Waals surface area contributed by atoms with Gasteiger partial charge >= 0.3 is 0 Å². The summed E-state index contributed by atoms with van der Waals surface area (Å²) in [5.41, 5.74) is 6.69. The zero-order valence-corrected chi connectivity index (χ0v) is 12.4. The molecule has 1 atom stereocenters. The van der Waals surface area contributed by atoms with E-state index in [0.29, 0.717) is 18.1 Å². The Kier molecular flexibility index (Phi) is 5.20. The van der Waals surface area contributed by atoms with E-state index in [0.717, 1.165) is 9.92 Å². The van der Waals surface area contributed by atoms with E-state index < -0.39 is 0 Å². The van der Waals surface area contributed by atoms with Crippen LogP contribution in [-0.4, -0.2) is 29.7 Å². The molecule has 2 aromatic rings. The molecular formula is C14H18N4OS. The summed E-state index contributed by atoms with van der Waals surface area (Å²) in [4.78, 5) is 9.52. The minimum absolute atomic E-state index is 0.131. The van der Waals surface area contributed by atoms with E-state index >= 15 is 0 Å². The number of nitrogens with one attached hydrogen (secondary N) is 1. The molecular weight excluding hydrogens is 272 g/mol. The van der Waals surface area contributed by atoms with Crippen molar-refractivity contribution in [3.05, 3.63) is 36.7 Å².